The van der Waals surface area contributed by atoms with Gasteiger partial charge in [-0.3, -0.25) is 4.90 Å². The Balaban J connectivity index is 0.00000144. The summed E-state index contributed by atoms with van der Waals surface area (Å²) in [6, 6.07) is 2.18. The monoisotopic (exact) mass is 226 g/mol. The van der Waals surface area contributed by atoms with Gasteiger partial charge >= 0.3 is 0 Å². The van der Waals surface area contributed by atoms with Crippen molar-refractivity contribution in [3.05, 3.63) is 0 Å². The Hall–Kier alpha value is -0.0800. The molecule has 0 atom stereocenters. The van der Waals surface area contributed by atoms with Crippen LogP contribution in [0.3, 0.4) is 0 Å². The summed E-state index contributed by atoms with van der Waals surface area (Å²) in [6.07, 6.45) is 5.68. The minimum Gasteiger partial charge on any atom is -0.312 e. The highest BCUT2D eigenvalue weighted by molar-refractivity contribution is 4.99. The van der Waals surface area contributed by atoms with Crippen LogP contribution in [0, 0.1) is 5.41 Å². The molecule has 1 N–H and O–H groups in total. The van der Waals surface area contributed by atoms with Crippen LogP contribution in [-0.4, -0.2) is 36.1 Å². The molecule has 96 valence electrons. The summed E-state index contributed by atoms with van der Waals surface area (Å²) in [6.45, 7) is 11.9. The van der Waals surface area contributed by atoms with E-state index < -0.39 is 0 Å². The summed E-state index contributed by atoms with van der Waals surface area (Å²) >= 11 is 0. The number of likely N-dealkylation sites (tertiary alicyclic amines) is 1. The van der Waals surface area contributed by atoms with Gasteiger partial charge in [-0.1, -0.05) is 13.8 Å². The van der Waals surface area contributed by atoms with E-state index in [1.807, 2.05) is 0 Å². The molecule has 1 saturated heterocycles. The summed E-state index contributed by atoms with van der Waals surface area (Å²) in [5.74, 6) is 0. The number of nitrogens with zero attached hydrogens (tertiary/aromatic N) is 1. The topological polar surface area (TPSA) is 15.3 Å². The van der Waals surface area contributed by atoms with Crippen LogP contribution < -0.4 is 5.32 Å². The fourth-order valence-corrected chi connectivity index (χ4v) is 3.36. The summed E-state index contributed by atoms with van der Waals surface area (Å²) in [4.78, 5) is 2.62. The third kappa shape index (κ3) is 2.60. The van der Waals surface area contributed by atoms with Crippen molar-refractivity contribution in [1.29, 1.82) is 0 Å². The lowest BCUT2D eigenvalue weighted by Gasteiger charge is -2.55. The van der Waals surface area contributed by atoms with E-state index in [1.54, 1.807) is 0 Å². The lowest BCUT2D eigenvalue weighted by molar-refractivity contribution is -0.0516. The maximum Gasteiger partial charge on any atom is 0.00698 e. The predicted molar refractivity (Wildman–Crippen MR) is 71.8 cm³/mol. The fraction of sp³-hybridized carbons (Fsp3) is 1.00. The van der Waals surface area contributed by atoms with Gasteiger partial charge in [-0.2, -0.15) is 0 Å². The molecule has 2 fully saturated rings. The van der Waals surface area contributed by atoms with Gasteiger partial charge in [-0.15, -0.1) is 0 Å². The Morgan fingerprint density at radius 2 is 1.69 bits per heavy atom. The summed E-state index contributed by atoms with van der Waals surface area (Å²) < 4.78 is 0. The maximum absolute atomic E-state index is 3.69. The van der Waals surface area contributed by atoms with Crippen LogP contribution in [0.25, 0.3) is 0 Å². The van der Waals surface area contributed by atoms with Crippen LogP contribution in [0.1, 0.15) is 54.8 Å². The van der Waals surface area contributed by atoms with Gasteiger partial charge in [-0.25, -0.2) is 0 Å². The minimum atomic E-state index is 0. The van der Waals surface area contributed by atoms with Crippen molar-refractivity contribution >= 4 is 0 Å². The number of nitrogens with one attached hydrogen (secondary N) is 1. The Kier molecular flexibility index (Phi) is 3.60. The first-order chi connectivity index (χ1) is 7.51. The second kappa shape index (κ2) is 4.66. The Bertz CT molecular complexity index is 224. The molecule has 16 heavy (non-hydrogen) atoms. The zero-order valence-corrected chi connectivity index (χ0v) is 11.4. The van der Waals surface area contributed by atoms with Crippen molar-refractivity contribution in [2.75, 3.05) is 13.1 Å². The molecule has 2 heteroatoms. The molecule has 0 unspecified atom stereocenters. The number of hydrogen-bond acceptors (Lipinski definition) is 2. The van der Waals surface area contributed by atoms with Crippen molar-refractivity contribution in [2.45, 2.75) is 71.5 Å². The van der Waals surface area contributed by atoms with Crippen molar-refractivity contribution in [2.24, 2.45) is 5.41 Å². The Morgan fingerprint density at radius 3 is 2.12 bits per heavy atom. The van der Waals surface area contributed by atoms with Crippen LogP contribution >= 0.6 is 0 Å². The maximum atomic E-state index is 3.69. The average molecular weight is 226 g/mol. The van der Waals surface area contributed by atoms with Gasteiger partial charge in [0.1, 0.15) is 0 Å². The van der Waals surface area contributed by atoms with Gasteiger partial charge in [0.15, 0.2) is 0 Å². The molecule has 1 heterocycles. The molecule has 0 bridgehead atoms. The molecular formula is C14H30N2. The molecule has 1 spiro atoms. The highest BCUT2D eigenvalue weighted by Crippen LogP contribution is 2.44. The van der Waals surface area contributed by atoms with Crippen LogP contribution in [0.4, 0.5) is 0 Å². The molecule has 0 aromatic carbocycles. The summed E-state index contributed by atoms with van der Waals surface area (Å²) in [5.41, 5.74) is 0.708. The summed E-state index contributed by atoms with van der Waals surface area (Å²) in [7, 11) is 0. The van der Waals surface area contributed by atoms with E-state index in [0.29, 0.717) is 11.5 Å². The van der Waals surface area contributed by atoms with Gasteiger partial charge in [0.2, 0.25) is 0 Å². The zero-order valence-electron chi connectivity index (χ0n) is 11.4. The first-order valence-electron chi connectivity index (χ1n) is 7.01. The van der Waals surface area contributed by atoms with Crippen molar-refractivity contribution in [1.82, 2.24) is 10.2 Å². The smallest absolute Gasteiger partial charge is 0.00698 e. The van der Waals surface area contributed by atoms with E-state index in [1.165, 1.54) is 38.8 Å². The van der Waals surface area contributed by atoms with Crippen molar-refractivity contribution in [3.63, 3.8) is 0 Å². The van der Waals surface area contributed by atoms with Gasteiger partial charge in [0.05, 0.1) is 0 Å². The zero-order chi connectivity index (χ0) is 11.8. The van der Waals surface area contributed by atoms with E-state index >= 15 is 0 Å². The van der Waals surface area contributed by atoms with Crippen molar-refractivity contribution in [3.8, 4) is 0 Å². The molecule has 2 rings (SSSR count). The van der Waals surface area contributed by atoms with Crippen LogP contribution in [0.15, 0.2) is 0 Å². The highest BCUT2D eigenvalue weighted by atomic mass is 15.2. The van der Waals surface area contributed by atoms with Crippen molar-refractivity contribution < 1.29 is 1.43 Å². The second-order valence-corrected chi connectivity index (χ2v) is 6.59. The second-order valence-electron chi connectivity index (χ2n) is 6.59. The number of rotatable bonds is 3. The highest BCUT2D eigenvalue weighted by Gasteiger charge is 2.45. The normalized spacial score (nSPS) is 26.6. The van der Waals surface area contributed by atoms with Gasteiger partial charge < -0.3 is 5.32 Å². The van der Waals surface area contributed by atoms with E-state index in [2.05, 4.69) is 37.9 Å². The fourth-order valence-electron chi connectivity index (χ4n) is 3.36. The molecule has 2 nitrogen and oxygen atoms in total. The molecule has 1 aliphatic carbocycles. The molecule has 1 saturated carbocycles. The molecule has 0 amide bonds. The van der Waals surface area contributed by atoms with E-state index in [9.17, 15) is 0 Å². The Labute approximate surface area is 102 Å². The van der Waals surface area contributed by atoms with Gasteiger partial charge in [-0.05, 0) is 44.9 Å². The summed E-state index contributed by atoms with van der Waals surface area (Å²) in [5, 5.41) is 3.69. The van der Waals surface area contributed by atoms with E-state index in [-0.39, 0.29) is 1.43 Å². The van der Waals surface area contributed by atoms with Crippen LogP contribution in [-0.2, 0) is 0 Å². The first-order valence-corrected chi connectivity index (χ1v) is 7.01. The van der Waals surface area contributed by atoms with Crippen LogP contribution in [0.5, 0.6) is 0 Å². The molecule has 0 aromatic rings. The van der Waals surface area contributed by atoms with Gasteiger partial charge in [0.25, 0.3) is 0 Å². The number of hydrogen-bond donors (Lipinski definition) is 1. The largest absolute Gasteiger partial charge is 0.312 e. The average Bonchev–Trinajstić information content (AvgIpc) is 2.14. The first kappa shape index (κ1) is 12.4. The SMILES string of the molecule is CC(C)NC1CCC2(CC1)CN(C(C)C)C2.[HH]. The van der Waals surface area contributed by atoms with Gasteiger partial charge in [0, 0.05) is 32.6 Å². The third-order valence-electron chi connectivity index (χ3n) is 4.42. The minimum absolute atomic E-state index is 0. The molecular weight excluding hydrogens is 196 g/mol. The standard InChI is InChI=1S/C14H28N2.H2/c1-11(2)15-13-5-7-14(8-6-13)9-16(10-14)12(3)4;/h11-13,15H,5-10H2,1-4H3;1H. The van der Waals surface area contributed by atoms with E-state index in [4.69, 9.17) is 0 Å². The molecule has 1 aliphatic heterocycles. The molecule has 0 aromatic heterocycles. The Morgan fingerprint density at radius 1 is 1.12 bits per heavy atom. The third-order valence-corrected chi connectivity index (χ3v) is 4.42. The predicted octanol–water partition coefficient (Wildman–Crippen LogP) is 2.88. The molecule has 0 radical (unpaired) electrons. The van der Waals surface area contributed by atoms with Crippen LogP contribution in [0.2, 0.25) is 0 Å². The van der Waals surface area contributed by atoms with E-state index in [0.717, 1.165) is 12.1 Å². The lowest BCUT2D eigenvalue weighted by Crippen LogP contribution is -2.60. The molecule has 2 aliphatic rings. The lowest BCUT2D eigenvalue weighted by atomic mass is 9.67. The quantitative estimate of drug-likeness (QED) is 0.796.